The number of nitrogens with zero attached hydrogens (tertiary/aromatic N) is 1. The molecule has 1 N–H and O–H groups in total. The highest BCUT2D eigenvalue weighted by molar-refractivity contribution is 6.02. The van der Waals surface area contributed by atoms with Crippen molar-refractivity contribution >= 4 is 23.3 Å². The van der Waals surface area contributed by atoms with Crippen LogP contribution in [0, 0.1) is 0 Å². The van der Waals surface area contributed by atoms with E-state index in [0.717, 1.165) is 6.42 Å². The van der Waals surface area contributed by atoms with Crippen LogP contribution in [0.15, 0.2) is 18.2 Å². The van der Waals surface area contributed by atoms with E-state index in [0.29, 0.717) is 17.0 Å². The summed E-state index contributed by atoms with van der Waals surface area (Å²) < 4.78 is 5.33. The van der Waals surface area contributed by atoms with Crippen LogP contribution in [0.3, 0.4) is 0 Å². The molecule has 0 saturated heterocycles. The minimum Gasteiger partial charge on any atom is -0.482 e. The van der Waals surface area contributed by atoms with E-state index >= 15 is 0 Å². The van der Waals surface area contributed by atoms with E-state index in [1.54, 1.807) is 25.2 Å². The van der Waals surface area contributed by atoms with Crippen molar-refractivity contribution in [3.63, 3.8) is 0 Å². The van der Waals surface area contributed by atoms with Gasteiger partial charge in [0, 0.05) is 31.5 Å². The van der Waals surface area contributed by atoms with Gasteiger partial charge in [0.25, 0.3) is 5.91 Å². The zero-order valence-electron chi connectivity index (χ0n) is 13.7. The topological polar surface area (TPSA) is 75.7 Å². The second-order valence-electron chi connectivity index (χ2n) is 5.72. The van der Waals surface area contributed by atoms with Gasteiger partial charge in [-0.1, -0.05) is 6.92 Å². The van der Waals surface area contributed by atoms with E-state index in [9.17, 15) is 14.4 Å². The van der Waals surface area contributed by atoms with Crippen LogP contribution >= 0.6 is 0 Å². The van der Waals surface area contributed by atoms with Gasteiger partial charge in [0.2, 0.25) is 5.91 Å². The van der Waals surface area contributed by atoms with Crippen LogP contribution in [0.4, 0.5) is 5.69 Å². The number of benzene rings is 1. The van der Waals surface area contributed by atoms with Crippen LogP contribution in [0.5, 0.6) is 5.75 Å². The van der Waals surface area contributed by atoms with Gasteiger partial charge in [-0.3, -0.25) is 14.4 Å². The second-order valence-corrected chi connectivity index (χ2v) is 5.72. The van der Waals surface area contributed by atoms with Crippen LogP contribution < -0.4 is 15.0 Å². The molecule has 1 unspecified atom stereocenters. The summed E-state index contributed by atoms with van der Waals surface area (Å²) in [6, 6.07) is 5.10. The molecule has 1 aromatic carbocycles. The van der Waals surface area contributed by atoms with Crippen molar-refractivity contribution in [3.05, 3.63) is 23.8 Å². The molecule has 0 aromatic heterocycles. The fraction of sp³-hybridized carbons (Fsp3) is 0.471. The Morgan fingerprint density at radius 3 is 2.78 bits per heavy atom. The predicted molar refractivity (Wildman–Crippen MR) is 86.8 cm³/mol. The van der Waals surface area contributed by atoms with Gasteiger partial charge in [-0.15, -0.1) is 0 Å². The number of hydrogen-bond acceptors (Lipinski definition) is 4. The number of fused-ring (bicyclic) bond motifs is 1. The molecular formula is C17H22N2O4. The van der Waals surface area contributed by atoms with Crippen molar-refractivity contribution in [3.8, 4) is 5.75 Å². The lowest BCUT2D eigenvalue weighted by molar-refractivity contribution is -0.122. The first kappa shape index (κ1) is 17.0. The number of likely N-dealkylation sites (N-methyl/N-ethyl adjacent to an activating group) is 1. The molecule has 2 amide bonds. The molecule has 0 spiro atoms. The summed E-state index contributed by atoms with van der Waals surface area (Å²) >= 11 is 0. The molecule has 0 fully saturated rings. The summed E-state index contributed by atoms with van der Waals surface area (Å²) in [6.45, 7) is 3.92. The largest absolute Gasteiger partial charge is 0.482 e. The first-order chi connectivity index (χ1) is 10.9. The van der Waals surface area contributed by atoms with E-state index in [2.05, 4.69) is 5.32 Å². The third-order valence-electron chi connectivity index (χ3n) is 3.97. The summed E-state index contributed by atoms with van der Waals surface area (Å²) in [5.41, 5.74) is 1.06. The van der Waals surface area contributed by atoms with Crippen molar-refractivity contribution < 1.29 is 19.1 Å². The number of amides is 2. The van der Waals surface area contributed by atoms with Gasteiger partial charge >= 0.3 is 0 Å². The van der Waals surface area contributed by atoms with Gasteiger partial charge in [0.05, 0.1) is 5.69 Å². The smallest absolute Gasteiger partial charge is 0.264 e. The van der Waals surface area contributed by atoms with Gasteiger partial charge < -0.3 is 15.0 Å². The predicted octanol–water partition coefficient (Wildman–Crippen LogP) is 1.92. The highest BCUT2D eigenvalue weighted by Crippen LogP contribution is 2.32. The highest BCUT2D eigenvalue weighted by atomic mass is 16.5. The second kappa shape index (κ2) is 7.26. The Labute approximate surface area is 135 Å². The summed E-state index contributed by atoms with van der Waals surface area (Å²) in [7, 11) is 1.65. The maximum atomic E-state index is 12.3. The Bertz CT molecular complexity index is 627. The molecular weight excluding hydrogens is 296 g/mol. The number of ether oxygens (including phenoxy) is 1. The lowest BCUT2D eigenvalue weighted by atomic mass is 10.0. The standard InChI is InChI=1S/C17H22N2O4/c1-4-11(2)18-16(21)8-6-14(20)12-5-7-15-13(9-12)19(3)17(22)10-23-15/h5,7,9,11H,4,6,8,10H2,1-3H3,(H,18,21). The monoisotopic (exact) mass is 318 g/mol. The first-order valence-electron chi connectivity index (χ1n) is 7.78. The van der Waals surface area contributed by atoms with Gasteiger partial charge in [0.1, 0.15) is 5.75 Å². The number of hydrogen-bond donors (Lipinski definition) is 1. The minimum atomic E-state index is -0.157. The van der Waals surface area contributed by atoms with Crippen LogP contribution in [0.25, 0.3) is 0 Å². The van der Waals surface area contributed by atoms with Crippen molar-refractivity contribution in [2.75, 3.05) is 18.6 Å². The van der Waals surface area contributed by atoms with Gasteiger partial charge in [-0.2, -0.15) is 0 Å². The maximum absolute atomic E-state index is 12.3. The molecule has 1 aromatic rings. The molecule has 23 heavy (non-hydrogen) atoms. The van der Waals surface area contributed by atoms with Crippen LogP contribution in [0.2, 0.25) is 0 Å². The molecule has 1 atom stereocenters. The van der Waals surface area contributed by atoms with Gasteiger partial charge in [-0.25, -0.2) is 0 Å². The molecule has 1 heterocycles. The average Bonchev–Trinajstić information content (AvgIpc) is 2.55. The van der Waals surface area contributed by atoms with Crippen LogP contribution in [0.1, 0.15) is 43.5 Å². The Morgan fingerprint density at radius 1 is 1.35 bits per heavy atom. The maximum Gasteiger partial charge on any atom is 0.264 e. The van der Waals surface area contributed by atoms with Crippen molar-refractivity contribution in [1.82, 2.24) is 5.32 Å². The Kier molecular flexibility index (Phi) is 5.36. The molecule has 6 heteroatoms. The zero-order valence-corrected chi connectivity index (χ0v) is 13.7. The van der Waals surface area contributed by atoms with Gasteiger partial charge in [0.15, 0.2) is 12.4 Å². The highest BCUT2D eigenvalue weighted by Gasteiger charge is 2.23. The Morgan fingerprint density at radius 2 is 2.09 bits per heavy atom. The zero-order chi connectivity index (χ0) is 17.0. The summed E-state index contributed by atoms with van der Waals surface area (Å²) in [4.78, 5) is 37.1. The van der Waals surface area contributed by atoms with Crippen LogP contribution in [-0.2, 0) is 9.59 Å². The summed E-state index contributed by atoms with van der Waals surface area (Å²) in [6.07, 6.45) is 1.15. The van der Waals surface area contributed by atoms with E-state index < -0.39 is 0 Å². The van der Waals surface area contributed by atoms with Crippen molar-refractivity contribution in [2.45, 2.75) is 39.2 Å². The molecule has 0 bridgehead atoms. The van der Waals surface area contributed by atoms with E-state index in [1.807, 2.05) is 13.8 Å². The molecule has 0 radical (unpaired) electrons. The molecule has 6 nitrogen and oxygen atoms in total. The number of Topliss-reactive ketones (excluding diaryl/α,β-unsaturated/α-hetero) is 1. The normalized spacial score (nSPS) is 14.7. The minimum absolute atomic E-state index is 0.00653. The lowest BCUT2D eigenvalue weighted by Gasteiger charge is -2.26. The average molecular weight is 318 g/mol. The Balaban J connectivity index is 2.01. The number of carbonyl (C=O) groups is 3. The molecule has 1 aliphatic heterocycles. The quantitative estimate of drug-likeness (QED) is 0.813. The summed E-state index contributed by atoms with van der Waals surface area (Å²) in [5, 5.41) is 2.84. The SMILES string of the molecule is CCC(C)NC(=O)CCC(=O)c1ccc2c(c1)N(C)C(=O)CO2. The van der Waals surface area contributed by atoms with Crippen molar-refractivity contribution in [1.29, 1.82) is 0 Å². The number of ketones is 1. The summed E-state index contributed by atoms with van der Waals surface area (Å²) in [5.74, 6) is 0.174. The number of anilines is 1. The fourth-order valence-corrected chi connectivity index (χ4v) is 2.27. The molecule has 124 valence electrons. The molecule has 0 aliphatic carbocycles. The fourth-order valence-electron chi connectivity index (χ4n) is 2.27. The van der Waals surface area contributed by atoms with Gasteiger partial charge in [-0.05, 0) is 31.5 Å². The number of nitrogens with one attached hydrogen (secondary N) is 1. The molecule has 1 aliphatic rings. The number of carbonyl (C=O) groups excluding carboxylic acids is 3. The number of rotatable bonds is 6. The van der Waals surface area contributed by atoms with E-state index in [4.69, 9.17) is 4.74 Å². The lowest BCUT2D eigenvalue weighted by Crippen LogP contribution is -2.35. The third-order valence-corrected chi connectivity index (χ3v) is 3.97. The van der Waals surface area contributed by atoms with Crippen molar-refractivity contribution in [2.24, 2.45) is 0 Å². The Hall–Kier alpha value is -2.37. The van der Waals surface area contributed by atoms with E-state index in [-0.39, 0.29) is 43.1 Å². The molecule has 2 rings (SSSR count). The first-order valence-corrected chi connectivity index (χ1v) is 7.78. The molecule has 0 saturated carbocycles. The van der Waals surface area contributed by atoms with Crippen LogP contribution in [-0.4, -0.2) is 37.3 Å². The van der Waals surface area contributed by atoms with E-state index in [1.165, 1.54) is 4.90 Å². The third kappa shape index (κ3) is 4.09.